The molecule has 0 saturated carbocycles. The van der Waals surface area contributed by atoms with E-state index >= 15 is 0 Å². The second kappa shape index (κ2) is 13.0. The van der Waals surface area contributed by atoms with Crippen molar-refractivity contribution in [2.24, 2.45) is 9.98 Å². The first-order valence-corrected chi connectivity index (χ1v) is 14.5. The van der Waals surface area contributed by atoms with Gasteiger partial charge >= 0.3 is 0 Å². The number of benzene rings is 5. The summed E-state index contributed by atoms with van der Waals surface area (Å²) >= 11 is 0. The zero-order valence-corrected chi connectivity index (χ0v) is 24.2. The fourth-order valence-electron chi connectivity index (χ4n) is 5.17. The molecule has 2 nitrogen and oxygen atoms in total. The smallest absolute Gasteiger partial charge is 0.160 e. The van der Waals surface area contributed by atoms with Gasteiger partial charge in [-0.2, -0.15) is 0 Å². The summed E-state index contributed by atoms with van der Waals surface area (Å²) in [5.41, 5.74) is 12.1. The topological polar surface area (TPSA) is 24.7 Å². The maximum absolute atomic E-state index is 5.10. The summed E-state index contributed by atoms with van der Waals surface area (Å²) in [7, 11) is 0. The van der Waals surface area contributed by atoms with Crippen LogP contribution in [0, 0.1) is 0 Å². The molecular formula is C41H32N2. The Labute approximate surface area is 253 Å². The minimum Gasteiger partial charge on any atom is -0.233 e. The van der Waals surface area contributed by atoms with E-state index in [1.54, 1.807) is 0 Å². The van der Waals surface area contributed by atoms with Crippen molar-refractivity contribution < 1.29 is 0 Å². The predicted octanol–water partition coefficient (Wildman–Crippen LogP) is 10.6. The van der Waals surface area contributed by atoms with Gasteiger partial charge in [0.05, 0.1) is 0 Å². The molecule has 0 saturated heterocycles. The van der Waals surface area contributed by atoms with Gasteiger partial charge in [-0.25, -0.2) is 9.98 Å². The molecule has 0 radical (unpaired) electrons. The number of aliphatic imine (C=N–C) groups is 2. The van der Waals surface area contributed by atoms with Gasteiger partial charge in [-0.15, -0.1) is 5.73 Å². The van der Waals surface area contributed by atoms with Crippen molar-refractivity contribution in [3.63, 3.8) is 0 Å². The Kier molecular flexibility index (Phi) is 8.32. The van der Waals surface area contributed by atoms with Gasteiger partial charge in [-0.3, -0.25) is 0 Å². The van der Waals surface area contributed by atoms with Crippen LogP contribution in [0.3, 0.4) is 0 Å². The molecule has 43 heavy (non-hydrogen) atoms. The molecule has 0 amide bonds. The molecule has 0 aliphatic heterocycles. The molecule has 206 valence electrons. The van der Waals surface area contributed by atoms with Crippen LogP contribution in [0.1, 0.15) is 24.5 Å². The Morgan fingerprint density at radius 3 is 2.14 bits per heavy atom. The highest BCUT2D eigenvalue weighted by Gasteiger charge is 2.11. The quantitative estimate of drug-likeness (QED) is 0.114. The zero-order valence-electron chi connectivity index (χ0n) is 24.2. The summed E-state index contributed by atoms with van der Waals surface area (Å²) in [5, 5.41) is 2.44. The van der Waals surface area contributed by atoms with Gasteiger partial charge in [0, 0.05) is 16.8 Å². The van der Waals surface area contributed by atoms with E-state index in [-0.39, 0.29) is 0 Å². The lowest BCUT2D eigenvalue weighted by molar-refractivity contribution is 1.40. The molecule has 0 spiro atoms. The summed E-state index contributed by atoms with van der Waals surface area (Å²) in [6, 6.07) is 42.2. The number of allylic oxidation sites excluding steroid dienone is 6. The van der Waals surface area contributed by atoms with E-state index in [1.807, 2.05) is 13.0 Å². The van der Waals surface area contributed by atoms with Gasteiger partial charge < -0.3 is 0 Å². The molecule has 0 heterocycles. The van der Waals surface area contributed by atoms with Gasteiger partial charge in [-0.1, -0.05) is 146 Å². The second-order valence-corrected chi connectivity index (χ2v) is 10.4. The molecular weight excluding hydrogens is 520 g/mol. The van der Waals surface area contributed by atoms with Crippen LogP contribution in [-0.2, 0) is 0 Å². The first-order chi connectivity index (χ1) is 21.2. The molecule has 1 aliphatic rings. The van der Waals surface area contributed by atoms with Gasteiger partial charge in [0.1, 0.15) is 5.70 Å². The summed E-state index contributed by atoms with van der Waals surface area (Å²) in [5.74, 6) is 0.612. The van der Waals surface area contributed by atoms with E-state index in [4.69, 9.17) is 9.98 Å². The highest BCUT2D eigenvalue weighted by molar-refractivity contribution is 6.14. The van der Waals surface area contributed by atoms with Crippen LogP contribution >= 0.6 is 0 Å². The summed E-state index contributed by atoms with van der Waals surface area (Å²) in [4.78, 5) is 10.2. The monoisotopic (exact) mass is 552 g/mol. The number of hydrogen-bond acceptors (Lipinski definition) is 1. The highest BCUT2D eigenvalue weighted by Crippen LogP contribution is 2.27. The third kappa shape index (κ3) is 6.52. The molecule has 2 heteroatoms. The lowest BCUT2D eigenvalue weighted by Crippen LogP contribution is -2.05. The summed E-state index contributed by atoms with van der Waals surface area (Å²) in [6.45, 7) is 6.02. The third-order valence-electron chi connectivity index (χ3n) is 7.53. The maximum atomic E-state index is 5.10. The molecule has 0 atom stereocenters. The molecule has 0 bridgehead atoms. The number of rotatable bonds is 6. The van der Waals surface area contributed by atoms with E-state index < -0.39 is 0 Å². The van der Waals surface area contributed by atoms with Crippen LogP contribution in [0.5, 0.6) is 0 Å². The van der Waals surface area contributed by atoms with Gasteiger partial charge in [0.25, 0.3) is 0 Å². The van der Waals surface area contributed by atoms with Crippen molar-refractivity contribution in [1.29, 1.82) is 0 Å². The Bertz CT molecular complexity index is 1980. The van der Waals surface area contributed by atoms with Crippen molar-refractivity contribution >= 4 is 28.0 Å². The van der Waals surface area contributed by atoms with Crippen molar-refractivity contribution in [3.05, 3.63) is 181 Å². The van der Waals surface area contributed by atoms with Crippen LogP contribution in [0.25, 0.3) is 38.7 Å². The molecule has 5 aromatic carbocycles. The second-order valence-electron chi connectivity index (χ2n) is 10.4. The molecule has 6 rings (SSSR count). The Hall–Kier alpha value is -5.56. The lowest BCUT2D eigenvalue weighted by Gasteiger charge is -2.10. The SMILES string of the molecule is C=C=C(N=C(N=C(C)C1=CC=CCC=C1)c1cccc(-c2ccc3ccccc3c2)c1)c1ccc(-c2ccccc2)cc1. The molecule has 0 aromatic heterocycles. The van der Waals surface area contributed by atoms with Crippen LogP contribution in [0.2, 0.25) is 0 Å². The largest absolute Gasteiger partial charge is 0.233 e. The van der Waals surface area contributed by atoms with E-state index in [9.17, 15) is 0 Å². The van der Waals surface area contributed by atoms with Crippen LogP contribution in [-0.4, -0.2) is 11.5 Å². The average molecular weight is 553 g/mol. The Morgan fingerprint density at radius 2 is 1.33 bits per heavy atom. The first-order valence-electron chi connectivity index (χ1n) is 14.5. The van der Waals surface area contributed by atoms with Crippen molar-refractivity contribution in [2.45, 2.75) is 13.3 Å². The lowest BCUT2D eigenvalue weighted by atomic mass is 9.99. The van der Waals surface area contributed by atoms with Gasteiger partial charge in [0.2, 0.25) is 0 Å². The van der Waals surface area contributed by atoms with Gasteiger partial charge in [0.15, 0.2) is 5.84 Å². The summed E-state index contributed by atoms with van der Waals surface area (Å²) in [6.07, 6.45) is 11.5. The number of nitrogens with zero attached hydrogens (tertiary/aromatic N) is 2. The van der Waals surface area contributed by atoms with E-state index in [0.29, 0.717) is 11.5 Å². The molecule has 0 unspecified atom stereocenters. The minimum atomic E-state index is 0.612. The highest BCUT2D eigenvalue weighted by atomic mass is 14.9. The predicted molar refractivity (Wildman–Crippen MR) is 184 cm³/mol. The fourth-order valence-corrected chi connectivity index (χ4v) is 5.17. The van der Waals surface area contributed by atoms with E-state index in [2.05, 4.69) is 158 Å². The molecule has 0 N–H and O–H groups in total. The van der Waals surface area contributed by atoms with Crippen molar-refractivity contribution in [1.82, 2.24) is 0 Å². The normalized spacial score (nSPS) is 13.4. The molecule has 1 aliphatic carbocycles. The third-order valence-corrected chi connectivity index (χ3v) is 7.53. The fraction of sp³-hybridized carbons (Fsp3) is 0.0488. The Morgan fingerprint density at radius 1 is 0.628 bits per heavy atom. The number of fused-ring (bicyclic) bond motifs is 1. The van der Waals surface area contributed by atoms with E-state index in [1.165, 1.54) is 16.3 Å². The van der Waals surface area contributed by atoms with Crippen LogP contribution < -0.4 is 0 Å². The van der Waals surface area contributed by atoms with Gasteiger partial charge in [-0.05, 0) is 64.1 Å². The number of hydrogen-bond donors (Lipinski definition) is 0. The average Bonchev–Trinajstić information content (AvgIpc) is 3.37. The standard InChI is InChI=1S/C41H32N2/c1-3-40(35-25-22-34(23-26-35)32-16-9-6-10-17-32)43-41(42-30(2)31-14-7-4-5-8-15-31)39-21-13-20-37(29-39)38-27-24-33-18-11-12-19-36(33)28-38/h4,6-29H,1,5H2,2H3. The van der Waals surface area contributed by atoms with Crippen LogP contribution in [0.15, 0.2) is 180 Å². The Balaban J connectivity index is 1.42. The maximum Gasteiger partial charge on any atom is 0.160 e. The number of amidine groups is 1. The summed E-state index contributed by atoms with van der Waals surface area (Å²) < 4.78 is 0. The molecule has 0 fully saturated rings. The zero-order chi connectivity index (χ0) is 29.4. The van der Waals surface area contributed by atoms with E-state index in [0.717, 1.165) is 45.5 Å². The minimum absolute atomic E-state index is 0.612. The first kappa shape index (κ1) is 27.6. The molecule has 5 aromatic rings. The van der Waals surface area contributed by atoms with Crippen LogP contribution in [0.4, 0.5) is 0 Å². The van der Waals surface area contributed by atoms with Crippen molar-refractivity contribution in [2.75, 3.05) is 0 Å². The van der Waals surface area contributed by atoms with Crippen molar-refractivity contribution in [3.8, 4) is 22.3 Å².